The Morgan fingerprint density at radius 3 is 2.44 bits per heavy atom. The molecular formula is C23H25N3O. The number of fused-ring (bicyclic) bond motifs is 1. The number of piperazine rings is 1. The largest absolute Gasteiger partial charge is 0.392 e. The van der Waals surface area contributed by atoms with Gasteiger partial charge in [-0.25, -0.2) is 4.98 Å². The van der Waals surface area contributed by atoms with Gasteiger partial charge in [0.15, 0.2) is 0 Å². The van der Waals surface area contributed by atoms with Crippen LogP contribution in [0.15, 0.2) is 66.7 Å². The molecule has 0 unspecified atom stereocenters. The van der Waals surface area contributed by atoms with Gasteiger partial charge in [0.1, 0.15) is 5.82 Å². The van der Waals surface area contributed by atoms with E-state index >= 15 is 0 Å². The van der Waals surface area contributed by atoms with Crippen LogP contribution < -0.4 is 4.90 Å². The molecule has 0 amide bonds. The third-order valence-corrected chi connectivity index (χ3v) is 5.10. The highest BCUT2D eigenvalue weighted by atomic mass is 16.3. The van der Waals surface area contributed by atoms with Crippen molar-refractivity contribution in [2.45, 2.75) is 6.61 Å². The molecule has 0 spiro atoms. The zero-order valence-corrected chi connectivity index (χ0v) is 15.5. The highest BCUT2D eigenvalue weighted by Crippen LogP contribution is 2.24. The maximum atomic E-state index is 9.80. The lowest BCUT2D eigenvalue weighted by Gasteiger charge is -2.35. The van der Waals surface area contributed by atoms with Gasteiger partial charge in [0.2, 0.25) is 0 Å². The molecular weight excluding hydrogens is 334 g/mol. The third kappa shape index (κ3) is 4.18. The van der Waals surface area contributed by atoms with E-state index in [1.54, 1.807) is 0 Å². The molecule has 1 saturated heterocycles. The fourth-order valence-electron chi connectivity index (χ4n) is 3.58. The highest BCUT2D eigenvalue weighted by molar-refractivity contribution is 5.81. The fourth-order valence-corrected chi connectivity index (χ4v) is 3.58. The molecule has 1 aliphatic heterocycles. The first kappa shape index (κ1) is 17.7. The number of rotatable bonds is 5. The van der Waals surface area contributed by atoms with Crippen LogP contribution in [0.25, 0.3) is 17.0 Å². The number of pyridine rings is 1. The topological polar surface area (TPSA) is 39.6 Å². The number of aliphatic hydroxyl groups is 1. The Morgan fingerprint density at radius 1 is 0.926 bits per heavy atom. The van der Waals surface area contributed by atoms with E-state index in [4.69, 9.17) is 4.98 Å². The van der Waals surface area contributed by atoms with Crippen molar-refractivity contribution in [3.63, 3.8) is 0 Å². The van der Waals surface area contributed by atoms with Crippen molar-refractivity contribution >= 4 is 22.8 Å². The van der Waals surface area contributed by atoms with Gasteiger partial charge in [0, 0.05) is 43.7 Å². The summed E-state index contributed by atoms with van der Waals surface area (Å²) in [5.41, 5.74) is 3.13. The molecule has 0 saturated carbocycles. The Balaban J connectivity index is 1.40. The molecule has 2 heterocycles. The van der Waals surface area contributed by atoms with E-state index in [2.05, 4.69) is 52.3 Å². The van der Waals surface area contributed by atoms with Gasteiger partial charge < -0.3 is 10.0 Å². The van der Waals surface area contributed by atoms with E-state index in [9.17, 15) is 5.11 Å². The van der Waals surface area contributed by atoms with Gasteiger partial charge >= 0.3 is 0 Å². The summed E-state index contributed by atoms with van der Waals surface area (Å²) >= 11 is 0. The van der Waals surface area contributed by atoms with Crippen molar-refractivity contribution in [2.24, 2.45) is 0 Å². The second kappa shape index (κ2) is 8.33. The van der Waals surface area contributed by atoms with Crippen LogP contribution in [0.2, 0.25) is 0 Å². The molecule has 4 rings (SSSR count). The molecule has 1 N–H and O–H groups in total. The fraction of sp³-hybridized carbons (Fsp3) is 0.261. The number of aromatic nitrogens is 1. The van der Waals surface area contributed by atoms with Crippen LogP contribution >= 0.6 is 0 Å². The second-order valence-corrected chi connectivity index (χ2v) is 6.92. The molecule has 0 bridgehead atoms. The Bertz CT molecular complexity index is 915. The molecule has 1 aliphatic rings. The van der Waals surface area contributed by atoms with Gasteiger partial charge in [0.05, 0.1) is 12.1 Å². The van der Waals surface area contributed by atoms with E-state index < -0.39 is 0 Å². The molecule has 2 aromatic carbocycles. The minimum Gasteiger partial charge on any atom is -0.392 e. The lowest BCUT2D eigenvalue weighted by Crippen LogP contribution is -2.47. The first-order valence-electron chi connectivity index (χ1n) is 9.52. The van der Waals surface area contributed by atoms with Gasteiger partial charge in [-0.3, -0.25) is 4.90 Å². The third-order valence-electron chi connectivity index (χ3n) is 5.10. The maximum absolute atomic E-state index is 9.80. The van der Waals surface area contributed by atoms with Crippen LogP contribution in [0, 0.1) is 0 Å². The van der Waals surface area contributed by atoms with Gasteiger partial charge in [-0.15, -0.1) is 0 Å². The standard InChI is InChI=1S/C23H25N3O/c27-18-21-17-20-10-4-5-11-22(20)24-23(21)26-15-13-25(14-16-26)12-6-9-19-7-2-1-3-8-19/h1-11,17,27H,12-16,18H2/b9-6+. The number of benzene rings is 2. The average Bonchev–Trinajstić information content (AvgIpc) is 2.74. The molecule has 27 heavy (non-hydrogen) atoms. The molecule has 4 heteroatoms. The molecule has 138 valence electrons. The van der Waals surface area contributed by atoms with Crippen LogP contribution in [-0.2, 0) is 6.61 Å². The second-order valence-electron chi connectivity index (χ2n) is 6.92. The Labute approximate surface area is 160 Å². The van der Waals surface area contributed by atoms with E-state index in [-0.39, 0.29) is 6.61 Å². The highest BCUT2D eigenvalue weighted by Gasteiger charge is 2.20. The SMILES string of the molecule is OCc1cc2ccccc2nc1N1CCN(C/C=C/c2ccccc2)CC1. The van der Waals surface area contributed by atoms with E-state index in [1.165, 1.54) is 5.56 Å². The summed E-state index contributed by atoms with van der Waals surface area (Å²) in [6, 6.07) is 20.6. The monoisotopic (exact) mass is 359 g/mol. The van der Waals surface area contributed by atoms with Crippen LogP contribution in [0.5, 0.6) is 0 Å². The summed E-state index contributed by atoms with van der Waals surface area (Å²) in [4.78, 5) is 9.58. The van der Waals surface area contributed by atoms with Gasteiger partial charge in [-0.1, -0.05) is 60.7 Å². The quantitative estimate of drug-likeness (QED) is 0.756. The minimum atomic E-state index is 0.0210. The lowest BCUT2D eigenvalue weighted by atomic mass is 10.1. The number of aliphatic hydroxyl groups excluding tert-OH is 1. The first-order valence-corrected chi connectivity index (χ1v) is 9.52. The summed E-state index contributed by atoms with van der Waals surface area (Å²) in [6.07, 6.45) is 4.42. The molecule has 3 aromatic rings. The van der Waals surface area contributed by atoms with E-state index in [1.807, 2.05) is 30.3 Å². The lowest BCUT2D eigenvalue weighted by molar-refractivity contribution is 0.274. The summed E-state index contributed by atoms with van der Waals surface area (Å²) in [7, 11) is 0. The van der Waals surface area contributed by atoms with Crippen molar-refractivity contribution in [1.82, 2.24) is 9.88 Å². The number of hydrogen-bond acceptors (Lipinski definition) is 4. The van der Waals surface area contributed by atoms with Crippen molar-refractivity contribution < 1.29 is 5.11 Å². The van der Waals surface area contributed by atoms with Gasteiger partial charge in [-0.05, 0) is 17.7 Å². The predicted octanol–water partition coefficient (Wildman–Crippen LogP) is 3.56. The molecule has 0 atom stereocenters. The van der Waals surface area contributed by atoms with Gasteiger partial charge in [0.25, 0.3) is 0 Å². The molecule has 4 nitrogen and oxygen atoms in total. The van der Waals surface area contributed by atoms with Crippen molar-refractivity contribution in [3.8, 4) is 0 Å². The van der Waals surface area contributed by atoms with Crippen LogP contribution in [-0.4, -0.2) is 47.7 Å². The van der Waals surface area contributed by atoms with Gasteiger partial charge in [-0.2, -0.15) is 0 Å². The molecule has 1 fully saturated rings. The Kier molecular flexibility index (Phi) is 5.47. The Morgan fingerprint density at radius 2 is 1.67 bits per heavy atom. The zero-order chi connectivity index (χ0) is 18.5. The number of anilines is 1. The van der Waals surface area contributed by atoms with E-state index in [0.29, 0.717) is 0 Å². The van der Waals surface area contributed by atoms with Crippen LogP contribution in [0.3, 0.4) is 0 Å². The summed E-state index contributed by atoms with van der Waals surface area (Å²) < 4.78 is 0. The average molecular weight is 359 g/mol. The first-order chi connectivity index (χ1) is 13.3. The summed E-state index contributed by atoms with van der Waals surface area (Å²) in [6.45, 7) is 4.83. The molecule has 0 radical (unpaired) electrons. The van der Waals surface area contributed by atoms with E-state index in [0.717, 1.165) is 55.0 Å². The smallest absolute Gasteiger partial charge is 0.134 e. The summed E-state index contributed by atoms with van der Waals surface area (Å²) in [5, 5.41) is 10.9. The number of hydrogen-bond donors (Lipinski definition) is 1. The minimum absolute atomic E-state index is 0.0210. The number of para-hydroxylation sites is 1. The zero-order valence-electron chi connectivity index (χ0n) is 15.5. The maximum Gasteiger partial charge on any atom is 0.134 e. The number of nitrogens with zero attached hydrogens (tertiary/aromatic N) is 3. The van der Waals surface area contributed by atoms with Crippen molar-refractivity contribution in [1.29, 1.82) is 0 Å². The van der Waals surface area contributed by atoms with Crippen molar-refractivity contribution in [3.05, 3.63) is 77.9 Å². The van der Waals surface area contributed by atoms with Crippen LogP contribution in [0.4, 0.5) is 5.82 Å². The normalized spacial score (nSPS) is 15.7. The molecule has 0 aliphatic carbocycles. The molecule has 1 aromatic heterocycles. The Hall–Kier alpha value is -2.69. The predicted molar refractivity (Wildman–Crippen MR) is 112 cm³/mol. The van der Waals surface area contributed by atoms with Crippen molar-refractivity contribution in [2.75, 3.05) is 37.6 Å². The van der Waals surface area contributed by atoms with Crippen LogP contribution in [0.1, 0.15) is 11.1 Å². The summed E-state index contributed by atoms with van der Waals surface area (Å²) in [5.74, 6) is 0.927.